The molecule has 2 aliphatic heterocycles. The van der Waals surface area contributed by atoms with Gasteiger partial charge in [-0.2, -0.15) is 0 Å². The molecule has 0 saturated carbocycles. The van der Waals surface area contributed by atoms with Crippen molar-refractivity contribution in [1.82, 2.24) is 10.2 Å². The Hall–Kier alpha value is -2.97. The Labute approximate surface area is 166 Å². The van der Waals surface area contributed by atoms with E-state index in [1.165, 1.54) is 17.4 Å². The number of amides is 4. The third-order valence-corrected chi connectivity index (χ3v) is 5.52. The zero-order valence-corrected chi connectivity index (χ0v) is 15.9. The fourth-order valence-corrected chi connectivity index (χ4v) is 3.86. The summed E-state index contributed by atoms with van der Waals surface area (Å²) in [6.07, 6.45) is 1.52. The number of morpholine rings is 1. The van der Waals surface area contributed by atoms with Gasteiger partial charge in [0, 0.05) is 23.7 Å². The summed E-state index contributed by atoms with van der Waals surface area (Å²) in [6.45, 7) is 3.22. The number of benzene rings is 1. The van der Waals surface area contributed by atoms with E-state index >= 15 is 0 Å². The van der Waals surface area contributed by atoms with Gasteiger partial charge in [-0.3, -0.25) is 19.8 Å². The lowest BCUT2D eigenvalue weighted by atomic mass is 10.1. The molecule has 2 saturated heterocycles. The highest BCUT2D eigenvalue weighted by molar-refractivity contribution is 7.09. The second-order valence-corrected chi connectivity index (χ2v) is 7.51. The summed E-state index contributed by atoms with van der Waals surface area (Å²) in [5.41, 5.74) is 1.75. The lowest BCUT2D eigenvalue weighted by Gasteiger charge is -2.29. The highest BCUT2D eigenvalue weighted by Gasteiger charge is 2.35. The van der Waals surface area contributed by atoms with Crippen LogP contribution in [0.5, 0.6) is 0 Å². The number of urea groups is 1. The van der Waals surface area contributed by atoms with Gasteiger partial charge in [-0.05, 0) is 35.2 Å². The van der Waals surface area contributed by atoms with Gasteiger partial charge in [0.2, 0.25) is 0 Å². The van der Waals surface area contributed by atoms with E-state index in [1.807, 2.05) is 41.8 Å². The molecule has 1 N–H and O–H groups in total. The van der Waals surface area contributed by atoms with E-state index in [-0.39, 0.29) is 12.1 Å². The minimum Gasteiger partial charge on any atom is -0.378 e. The Kier molecular flexibility index (Phi) is 5.23. The Balaban J connectivity index is 1.54. The molecule has 0 aliphatic carbocycles. The molecule has 2 aromatic rings. The van der Waals surface area contributed by atoms with Crippen LogP contribution in [0.1, 0.15) is 10.4 Å². The third kappa shape index (κ3) is 3.83. The summed E-state index contributed by atoms with van der Waals surface area (Å²) >= 11 is 1.45. The SMILES string of the molecule is O=C1NC(=O)N(Cc2cccs2)C(=O)/C1=C/c1ccc(N2CCOCC2)cc1. The van der Waals surface area contributed by atoms with Gasteiger partial charge in [-0.15, -0.1) is 11.3 Å². The Morgan fingerprint density at radius 2 is 1.82 bits per heavy atom. The summed E-state index contributed by atoms with van der Waals surface area (Å²) in [4.78, 5) is 41.2. The number of nitrogens with one attached hydrogen (secondary N) is 1. The van der Waals surface area contributed by atoms with Crippen LogP contribution in [-0.2, 0) is 20.9 Å². The van der Waals surface area contributed by atoms with Gasteiger partial charge in [0.15, 0.2) is 0 Å². The van der Waals surface area contributed by atoms with Crippen molar-refractivity contribution in [3.05, 3.63) is 57.8 Å². The van der Waals surface area contributed by atoms with Gasteiger partial charge in [0.25, 0.3) is 11.8 Å². The topological polar surface area (TPSA) is 79.0 Å². The number of barbiturate groups is 1. The van der Waals surface area contributed by atoms with Crippen LogP contribution >= 0.6 is 11.3 Å². The number of ether oxygens (including phenoxy) is 1. The number of imide groups is 2. The molecule has 8 heteroatoms. The second-order valence-electron chi connectivity index (χ2n) is 6.48. The van der Waals surface area contributed by atoms with Gasteiger partial charge >= 0.3 is 6.03 Å². The van der Waals surface area contributed by atoms with Crippen LogP contribution in [0.15, 0.2) is 47.4 Å². The summed E-state index contributed by atoms with van der Waals surface area (Å²) in [5.74, 6) is -1.26. The number of anilines is 1. The van der Waals surface area contributed by atoms with E-state index in [0.717, 1.165) is 34.1 Å². The van der Waals surface area contributed by atoms with Gasteiger partial charge in [-0.1, -0.05) is 18.2 Å². The van der Waals surface area contributed by atoms with Crippen LogP contribution in [0.25, 0.3) is 6.08 Å². The molecule has 7 nitrogen and oxygen atoms in total. The molecular weight excluding hydrogens is 378 g/mol. The number of hydrogen-bond donors (Lipinski definition) is 1. The van der Waals surface area contributed by atoms with Crippen LogP contribution < -0.4 is 10.2 Å². The number of carbonyl (C=O) groups excluding carboxylic acids is 3. The van der Waals surface area contributed by atoms with E-state index in [1.54, 1.807) is 0 Å². The molecule has 4 rings (SSSR count). The molecular formula is C20H19N3O4S. The van der Waals surface area contributed by atoms with Crippen molar-refractivity contribution in [2.45, 2.75) is 6.54 Å². The van der Waals surface area contributed by atoms with Crippen molar-refractivity contribution in [2.75, 3.05) is 31.2 Å². The molecule has 1 aromatic heterocycles. The van der Waals surface area contributed by atoms with E-state index in [2.05, 4.69) is 10.2 Å². The normalized spacial score (nSPS) is 19.3. The predicted octanol–water partition coefficient (Wildman–Crippen LogP) is 2.25. The molecule has 28 heavy (non-hydrogen) atoms. The minimum atomic E-state index is -0.691. The summed E-state index contributed by atoms with van der Waals surface area (Å²) in [5, 5.41) is 4.12. The molecule has 2 fully saturated rings. The van der Waals surface area contributed by atoms with Crippen molar-refractivity contribution in [1.29, 1.82) is 0 Å². The first kappa shape index (κ1) is 18.4. The fraction of sp³-hybridized carbons (Fsp3) is 0.250. The maximum absolute atomic E-state index is 12.7. The Bertz CT molecular complexity index is 915. The molecule has 3 heterocycles. The van der Waals surface area contributed by atoms with Crippen LogP contribution in [0.3, 0.4) is 0 Å². The average Bonchev–Trinajstić information content (AvgIpc) is 3.23. The number of rotatable bonds is 4. The summed E-state index contributed by atoms with van der Waals surface area (Å²) < 4.78 is 5.36. The molecule has 0 atom stereocenters. The zero-order valence-electron chi connectivity index (χ0n) is 15.1. The van der Waals surface area contributed by atoms with Gasteiger partial charge in [-0.25, -0.2) is 4.79 Å². The highest BCUT2D eigenvalue weighted by Crippen LogP contribution is 2.21. The van der Waals surface area contributed by atoms with Crippen LogP contribution in [0.4, 0.5) is 10.5 Å². The lowest BCUT2D eigenvalue weighted by Crippen LogP contribution is -2.53. The quantitative estimate of drug-likeness (QED) is 0.632. The Morgan fingerprint density at radius 1 is 1.07 bits per heavy atom. The van der Waals surface area contributed by atoms with Crippen LogP contribution in [-0.4, -0.2) is 49.0 Å². The van der Waals surface area contributed by atoms with Gasteiger partial charge in [0.1, 0.15) is 5.57 Å². The van der Waals surface area contributed by atoms with E-state index in [0.29, 0.717) is 13.2 Å². The van der Waals surface area contributed by atoms with E-state index in [9.17, 15) is 14.4 Å². The Morgan fingerprint density at radius 3 is 2.50 bits per heavy atom. The largest absolute Gasteiger partial charge is 0.378 e. The van der Waals surface area contributed by atoms with Crippen LogP contribution in [0, 0.1) is 0 Å². The van der Waals surface area contributed by atoms with E-state index < -0.39 is 17.8 Å². The fourth-order valence-electron chi connectivity index (χ4n) is 3.17. The molecule has 1 aromatic carbocycles. The first-order valence-corrected chi connectivity index (χ1v) is 9.84. The number of hydrogen-bond acceptors (Lipinski definition) is 6. The van der Waals surface area contributed by atoms with Gasteiger partial charge in [0.05, 0.1) is 19.8 Å². The first-order valence-electron chi connectivity index (χ1n) is 8.96. The molecule has 0 unspecified atom stereocenters. The smallest absolute Gasteiger partial charge is 0.331 e. The molecule has 0 spiro atoms. The number of nitrogens with zero attached hydrogens (tertiary/aromatic N) is 2. The molecule has 0 bridgehead atoms. The molecule has 4 amide bonds. The number of carbonyl (C=O) groups is 3. The monoisotopic (exact) mass is 397 g/mol. The standard InChI is InChI=1S/C20H19N3O4S/c24-18-17(19(25)23(20(26)21-18)13-16-2-1-11-28-16)12-14-3-5-15(6-4-14)22-7-9-27-10-8-22/h1-6,11-12H,7-10,13H2,(H,21,24,26)/b17-12+. The van der Waals surface area contributed by atoms with Crippen molar-refractivity contribution >= 4 is 40.9 Å². The second kappa shape index (κ2) is 7.95. The zero-order chi connectivity index (χ0) is 19.5. The van der Waals surface area contributed by atoms with Crippen molar-refractivity contribution in [3.8, 4) is 0 Å². The summed E-state index contributed by atoms with van der Waals surface area (Å²) in [6, 6.07) is 10.6. The lowest BCUT2D eigenvalue weighted by molar-refractivity contribution is -0.130. The van der Waals surface area contributed by atoms with Crippen molar-refractivity contribution in [3.63, 3.8) is 0 Å². The number of thiophene rings is 1. The maximum Gasteiger partial charge on any atom is 0.331 e. The van der Waals surface area contributed by atoms with Crippen LogP contribution in [0.2, 0.25) is 0 Å². The minimum absolute atomic E-state index is 0.0460. The summed E-state index contributed by atoms with van der Waals surface area (Å²) in [7, 11) is 0. The van der Waals surface area contributed by atoms with Crippen molar-refractivity contribution in [2.24, 2.45) is 0 Å². The highest BCUT2D eigenvalue weighted by atomic mass is 32.1. The van der Waals surface area contributed by atoms with Crippen molar-refractivity contribution < 1.29 is 19.1 Å². The third-order valence-electron chi connectivity index (χ3n) is 4.66. The van der Waals surface area contributed by atoms with Gasteiger partial charge < -0.3 is 9.64 Å². The molecule has 0 radical (unpaired) electrons. The molecule has 144 valence electrons. The maximum atomic E-state index is 12.7. The first-order chi connectivity index (χ1) is 13.6. The average molecular weight is 397 g/mol. The predicted molar refractivity (Wildman–Crippen MR) is 106 cm³/mol. The molecule has 2 aliphatic rings. The van der Waals surface area contributed by atoms with E-state index in [4.69, 9.17) is 4.74 Å².